The van der Waals surface area contributed by atoms with Crippen molar-refractivity contribution >= 4 is 21.7 Å². The monoisotopic (exact) mass is 381 g/mol. The number of nitrogens with zero attached hydrogens (tertiary/aromatic N) is 5. The topological polar surface area (TPSA) is 123 Å². The van der Waals surface area contributed by atoms with Crippen LogP contribution in [0.4, 0.5) is 11.7 Å². The first-order valence-corrected chi connectivity index (χ1v) is 9.56. The van der Waals surface area contributed by atoms with Gasteiger partial charge in [-0.25, -0.2) is 8.42 Å². The molecule has 2 heterocycles. The van der Waals surface area contributed by atoms with E-state index in [-0.39, 0.29) is 29.6 Å². The summed E-state index contributed by atoms with van der Waals surface area (Å²) in [5.41, 5.74) is -0.253. The van der Waals surface area contributed by atoms with Gasteiger partial charge in [-0.3, -0.25) is 10.1 Å². The summed E-state index contributed by atoms with van der Waals surface area (Å²) in [7, 11) is -3.80. The van der Waals surface area contributed by atoms with Crippen LogP contribution < -0.4 is 4.90 Å². The number of nitro benzene ring substituents is 1. The Bertz CT molecular complexity index is 903. The van der Waals surface area contributed by atoms with E-state index >= 15 is 0 Å². The van der Waals surface area contributed by atoms with Gasteiger partial charge in [0.2, 0.25) is 10.0 Å². The minimum atomic E-state index is -3.80. The number of sulfonamides is 1. The molecule has 1 saturated heterocycles. The summed E-state index contributed by atoms with van der Waals surface area (Å²) in [6.45, 7) is 5.16. The second-order valence-electron chi connectivity index (χ2n) is 6.24. The normalized spacial score (nSPS) is 16.2. The van der Waals surface area contributed by atoms with E-state index in [2.05, 4.69) is 10.1 Å². The summed E-state index contributed by atoms with van der Waals surface area (Å²) in [6.07, 6.45) is 0. The molecule has 2 aromatic rings. The maximum absolute atomic E-state index is 12.7. The highest BCUT2D eigenvalue weighted by molar-refractivity contribution is 7.89. The fourth-order valence-corrected chi connectivity index (χ4v) is 4.08. The quantitative estimate of drug-likeness (QED) is 0.565. The van der Waals surface area contributed by atoms with Crippen LogP contribution in [0.3, 0.4) is 0 Å². The van der Waals surface area contributed by atoms with Crippen LogP contribution in [-0.4, -0.2) is 54.0 Å². The molecule has 0 unspecified atom stereocenters. The zero-order chi connectivity index (χ0) is 18.9. The number of piperazine rings is 1. The second kappa shape index (κ2) is 7.00. The van der Waals surface area contributed by atoms with Gasteiger partial charge < -0.3 is 9.42 Å². The van der Waals surface area contributed by atoms with Crippen LogP contribution in [0.5, 0.6) is 0 Å². The zero-order valence-corrected chi connectivity index (χ0v) is 15.2. The predicted octanol–water partition coefficient (Wildman–Crippen LogP) is 1.61. The van der Waals surface area contributed by atoms with E-state index in [1.165, 1.54) is 22.5 Å². The lowest BCUT2D eigenvalue weighted by molar-refractivity contribution is -0.385. The molecule has 0 amide bonds. The van der Waals surface area contributed by atoms with Crippen molar-refractivity contribution in [3.63, 3.8) is 0 Å². The summed E-state index contributed by atoms with van der Waals surface area (Å²) in [6, 6.07) is 5.45. The van der Waals surface area contributed by atoms with E-state index in [0.29, 0.717) is 24.9 Å². The van der Waals surface area contributed by atoms with Gasteiger partial charge in [0.05, 0.1) is 9.82 Å². The van der Waals surface area contributed by atoms with E-state index < -0.39 is 14.9 Å². The molecule has 1 aliphatic rings. The number of nitro groups is 1. The molecular formula is C15H19N5O5S. The van der Waals surface area contributed by atoms with Crippen LogP contribution >= 0.6 is 0 Å². The molecule has 0 N–H and O–H groups in total. The molecular weight excluding hydrogens is 362 g/mol. The first kappa shape index (κ1) is 18.3. The molecule has 11 heteroatoms. The van der Waals surface area contributed by atoms with Gasteiger partial charge >= 0.3 is 6.01 Å². The van der Waals surface area contributed by atoms with Crippen molar-refractivity contribution in [2.45, 2.75) is 24.7 Å². The number of hydrogen-bond acceptors (Lipinski definition) is 8. The molecule has 0 spiro atoms. The lowest BCUT2D eigenvalue weighted by atomic mass is 10.2. The molecule has 26 heavy (non-hydrogen) atoms. The number of aromatic nitrogens is 2. The lowest BCUT2D eigenvalue weighted by Crippen LogP contribution is -2.48. The van der Waals surface area contributed by atoms with Gasteiger partial charge in [0.1, 0.15) is 0 Å². The third-order valence-corrected chi connectivity index (χ3v) is 6.02. The molecule has 1 aliphatic heterocycles. The molecule has 3 rings (SSSR count). The van der Waals surface area contributed by atoms with E-state index in [1.807, 2.05) is 18.7 Å². The first-order valence-electron chi connectivity index (χ1n) is 8.12. The summed E-state index contributed by atoms with van der Waals surface area (Å²) in [5, 5.41) is 14.8. The van der Waals surface area contributed by atoms with Crippen molar-refractivity contribution in [1.29, 1.82) is 0 Å². The zero-order valence-electron chi connectivity index (χ0n) is 14.4. The average Bonchev–Trinajstić information content (AvgIpc) is 3.12. The average molecular weight is 381 g/mol. The van der Waals surface area contributed by atoms with Crippen molar-refractivity contribution in [2.75, 3.05) is 31.1 Å². The molecule has 0 bridgehead atoms. The summed E-state index contributed by atoms with van der Waals surface area (Å²) >= 11 is 0. The second-order valence-corrected chi connectivity index (χ2v) is 8.17. The Labute approximate surface area is 150 Å². The van der Waals surface area contributed by atoms with Crippen molar-refractivity contribution in [2.24, 2.45) is 0 Å². The van der Waals surface area contributed by atoms with Gasteiger partial charge in [-0.1, -0.05) is 25.1 Å². The highest BCUT2D eigenvalue weighted by Crippen LogP contribution is 2.23. The fraction of sp³-hybridized carbons (Fsp3) is 0.467. The Kier molecular flexibility index (Phi) is 4.92. The fourth-order valence-electron chi connectivity index (χ4n) is 2.62. The summed E-state index contributed by atoms with van der Waals surface area (Å²) < 4.78 is 32.0. The third kappa shape index (κ3) is 3.53. The smallest absolute Gasteiger partial charge is 0.322 e. The van der Waals surface area contributed by atoms with Crippen molar-refractivity contribution < 1.29 is 17.9 Å². The van der Waals surface area contributed by atoms with Crippen molar-refractivity contribution in [3.05, 3.63) is 40.2 Å². The largest absolute Gasteiger partial charge is 0.324 e. The van der Waals surface area contributed by atoms with Crippen LogP contribution in [0.15, 0.2) is 33.7 Å². The molecule has 1 fully saturated rings. The Morgan fingerprint density at radius 2 is 1.92 bits per heavy atom. The van der Waals surface area contributed by atoms with Gasteiger partial charge in [0.25, 0.3) is 5.69 Å². The Balaban J connectivity index is 1.72. The van der Waals surface area contributed by atoms with Gasteiger partial charge in [0, 0.05) is 44.2 Å². The molecule has 140 valence electrons. The maximum atomic E-state index is 12.7. The van der Waals surface area contributed by atoms with Crippen LogP contribution in [0.25, 0.3) is 0 Å². The number of hydrogen-bond donors (Lipinski definition) is 0. The Hall–Kier alpha value is -2.53. The number of anilines is 1. The van der Waals surface area contributed by atoms with Gasteiger partial charge in [0.15, 0.2) is 5.82 Å². The molecule has 0 atom stereocenters. The third-order valence-electron chi connectivity index (χ3n) is 4.12. The van der Waals surface area contributed by atoms with Gasteiger partial charge in [-0.05, 0) is 6.07 Å². The van der Waals surface area contributed by atoms with Crippen molar-refractivity contribution in [1.82, 2.24) is 14.4 Å². The summed E-state index contributed by atoms with van der Waals surface area (Å²) in [4.78, 5) is 16.3. The summed E-state index contributed by atoms with van der Waals surface area (Å²) in [5.74, 6) is 0.745. The standard InChI is InChI=1S/C15H19N5O5S/c1-11(2)14-16-15(25-17-14)18-6-8-19(9-7-18)26(23,24)13-5-3-4-12(10-13)20(21)22/h3-5,10-11H,6-9H2,1-2H3. The highest BCUT2D eigenvalue weighted by atomic mass is 32.2. The SMILES string of the molecule is CC(C)c1noc(N2CCN(S(=O)(=O)c3cccc([N+](=O)[O-])c3)CC2)n1. The lowest BCUT2D eigenvalue weighted by Gasteiger charge is -2.32. The van der Waals surface area contributed by atoms with Gasteiger partial charge in [-0.15, -0.1) is 0 Å². The first-order chi connectivity index (χ1) is 12.3. The van der Waals surface area contributed by atoms with E-state index in [1.54, 1.807) is 0 Å². The number of benzene rings is 1. The molecule has 10 nitrogen and oxygen atoms in total. The van der Waals surface area contributed by atoms with E-state index in [9.17, 15) is 18.5 Å². The maximum Gasteiger partial charge on any atom is 0.324 e. The molecule has 0 aliphatic carbocycles. The minimum Gasteiger partial charge on any atom is -0.322 e. The Morgan fingerprint density at radius 1 is 1.23 bits per heavy atom. The van der Waals surface area contributed by atoms with E-state index in [0.717, 1.165) is 6.07 Å². The predicted molar refractivity (Wildman–Crippen MR) is 92.5 cm³/mol. The van der Waals surface area contributed by atoms with Crippen LogP contribution in [0.2, 0.25) is 0 Å². The molecule has 1 aromatic carbocycles. The van der Waals surface area contributed by atoms with Gasteiger partial charge in [-0.2, -0.15) is 9.29 Å². The van der Waals surface area contributed by atoms with Crippen LogP contribution in [0, 0.1) is 10.1 Å². The molecule has 0 saturated carbocycles. The van der Waals surface area contributed by atoms with Crippen LogP contribution in [-0.2, 0) is 10.0 Å². The minimum absolute atomic E-state index is 0.0833. The Morgan fingerprint density at radius 3 is 2.50 bits per heavy atom. The number of rotatable bonds is 5. The molecule has 1 aromatic heterocycles. The van der Waals surface area contributed by atoms with Crippen molar-refractivity contribution in [3.8, 4) is 0 Å². The highest BCUT2D eigenvalue weighted by Gasteiger charge is 2.31. The number of non-ortho nitro benzene ring substituents is 1. The van der Waals surface area contributed by atoms with Crippen LogP contribution in [0.1, 0.15) is 25.6 Å². The molecule has 0 radical (unpaired) electrons. The van der Waals surface area contributed by atoms with E-state index in [4.69, 9.17) is 4.52 Å².